The topological polar surface area (TPSA) is 86.8 Å². The quantitative estimate of drug-likeness (QED) is 0.528. The summed E-state index contributed by atoms with van der Waals surface area (Å²) in [6.07, 6.45) is 6.05. The fourth-order valence-electron chi connectivity index (χ4n) is 4.03. The van der Waals surface area contributed by atoms with Crippen molar-refractivity contribution in [2.45, 2.75) is 62.8 Å². The maximum absolute atomic E-state index is 12.5. The van der Waals surface area contributed by atoms with Crippen molar-refractivity contribution in [3.8, 4) is 0 Å². The highest BCUT2D eigenvalue weighted by atomic mass is 32.2. The molecule has 0 spiro atoms. The van der Waals surface area contributed by atoms with E-state index in [1.54, 1.807) is 0 Å². The van der Waals surface area contributed by atoms with Crippen molar-refractivity contribution in [1.29, 1.82) is 0 Å². The minimum Gasteiger partial charge on any atom is -0.300 e. The van der Waals surface area contributed by atoms with Crippen LogP contribution in [0.25, 0.3) is 0 Å². The summed E-state index contributed by atoms with van der Waals surface area (Å²) in [5.74, 6) is -0.497. The molecule has 2 saturated heterocycles. The molecule has 1 aromatic rings. The highest BCUT2D eigenvalue weighted by Crippen LogP contribution is 2.24. The third-order valence-electron chi connectivity index (χ3n) is 5.59. The van der Waals surface area contributed by atoms with Gasteiger partial charge in [-0.05, 0) is 63.0 Å². The van der Waals surface area contributed by atoms with E-state index in [2.05, 4.69) is 16.5 Å². The Hall–Kier alpha value is -1.77. The Labute approximate surface area is 167 Å². The zero-order valence-electron chi connectivity index (χ0n) is 16.4. The Bertz CT molecular complexity index is 791. The molecule has 3 rings (SSSR count). The summed E-state index contributed by atoms with van der Waals surface area (Å²) < 4.78 is 27.6. The van der Waals surface area contributed by atoms with Crippen LogP contribution in [0.3, 0.4) is 0 Å². The molecule has 0 bridgehead atoms. The summed E-state index contributed by atoms with van der Waals surface area (Å²) in [6.45, 7) is 4.60. The zero-order chi connectivity index (χ0) is 20.1. The maximum Gasteiger partial charge on any atom is 0.240 e. The van der Waals surface area contributed by atoms with E-state index in [4.69, 9.17) is 0 Å². The van der Waals surface area contributed by atoms with Gasteiger partial charge in [0.25, 0.3) is 0 Å². The molecule has 154 valence electrons. The first kappa shape index (κ1) is 21.0. The molecule has 2 amide bonds. The lowest BCUT2D eigenvalue weighted by atomic mass is 10.00. The number of piperidine rings is 1. The van der Waals surface area contributed by atoms with Crippen molar-refractivity contribution in [2.24, 2.45) is 0 Å². The number of nitrogens with zero attached hydrogens (tertiary/aromatic N) is 2. The van der Waals surface area contributed by atoms with E-state index < -0.39 is 10.0 Å². The third kappa shape index (κ3) is 4.79. The number of carbonyl (C=O) groups excluding carboxylic acids is 2. The number of carbonyl (C=O) groups is 2. The van der Waals surface area contributed by atoms with Crippen LogP contribution in [0, 0.1) is 0 Å². The second-order valence-corrected chi connectivity index (χ2v) is 9.23. The number of imide groups is 1. The van der Waals surface area contributed by atoms with E-state index >= 15 is 0 Å². The third-order valence-corrected chi connectivity index (χ3v) is 7.07. The Morgan fingerprint density at radius 1 is 1.07 bits per heavy atom. The monoisotopic (exact) mass is 407 g/mol. The van der Waals surface area contributed by atoms with E-state index in [1.165, 1.54) is 43.5 Å². The molecule has 28 heavy (non-hydrogen) atoms. The number of nitrogens with one attached hydrogen (secondary N) is 1. The number of sulfonamides is 1. The van der Waals surface area contributed by atoms with Gasteiger partial charge in [-0.3, -0.25) is 14.5 Å². The summed E-state index contributed by atoms with van der Waals surface area (Å²) in [5, 5.41) is 0. The van der Waals surface area contributed by atoms with E-state index in [9.17, 15) is 18.0 Å². The van der Waals surface area contributed by atoms with Gasteiger partial charge in [-0.25, -0.2) is 13.1 Å². The first-order valence-corrected chi connectivity index (χ1v) is 11.6. The minimum atomic E-state index is -3.61. The van der Waals surface area contributed by atoms with Crippen LogP contribution in [0.15, 0.2) is 29.2 Å². The van der Waals surface area contributed by atoms with Crippen molar-refractivity contribution in [1.82, 2.24) is 9.62 Å². The molecular weight excluding hydrogens is 378 g/mol. The minimum absolute atomic E-state index is 0.139. The first-order chi connectivity index (χ1) is 13.4. The first-order valence-electron chi connectivity index (χ1n) is 10.1. The molecular formula is C20H29N3O4S. The van der Waals surface area contributed by atoms with Gasteiger partial charge in [0.1, 0.15) is 0 Å². The van der Waals surface area contributed by atoms with E-state index in [0.29, 0.717) is 18.3 Å². The van der Waals surface area contributed by atoms with Crippen molar-refractivity contribution in [3.05, 3.63) is 24.3 Å². The van der Waals surface area contributed by atoms with Gasteiger partial charge in [0.15, 0.2) is 0 Å². The predicted octanol–water partition coefficient (Wildman–Crippen LogP) is 2.27. The molecule has 2 fully saturated rings. The molecule has 1 aromatic carbocycles. The molecule has 1 N–H and O–H groups in total. The number of hydrogen-bond donors (Lipinski definition) is 1. The summed E-state index contributed by atoms with van der Waals surface area (Å²) in [5.41, 5.74) is 0.419. The Morgan fingerprint density at radius 2 is 1.75 bits per heavy atom. The zero-order valence-corrected chi connectivity index (χ0v) is 17.2. The molecule has 0 saturated carbocycles. The number of anilines is 1. The Balaban J connectivity index is 1.53. The van der Waals surface area contributed by atoms with Crippen LogP contribution < -0.4 is 9.62 Å². The van der Waals surface area contributed by atoms with Crippen LogP contribution in [-0.2, 0) is 19.6 Å². The number of benzene rings is 1. The molecule has 0 aliphatic carbocycles. The summed E-state index contributed by atoms with van der Waals surface area (Å²) in [7, 11) is -3.61. The van der Waals surface area contributed by atoms with E-state index in [1.807, 2.05) is 0 Å². The molecule has 2 aliphatic heterocycles. The van der Waals surface area contributed by atoms with Gasteiger partial charge >= 0.3 is 0 Å². The number of amides is 2. The predicted molar refractivity (Wildman–Crippen MR) is 107 cm³/mol. The molecule has 0 radical (unpaired) electrons. The Morgan fingerprint density at radius 3 is 2.39 bits per heavy atom. The maximum atomic E-state index is 12.5. The Kier molecular flexibility index (Phi) is 6.85. The fourth-order valence-corrected chi connectivity index (χ4v) is 5.10. The van der Waals surface area contributed by atoms with Crippen LogP contribution in [0.2, 0.25) is 0 Å². The second kappa shape index (κ2) is 9.15. The van der Waals surface area contributed by atoms with Crippen LogP contribution in [0.5, 0.6) is 0 Å². The normalized spacial score (nSPS) is 21.5. The molecule has 0 unspecified atom stereocenters. The lowest BCUT2D eigenvalue weighted by Crippen LogP contribution is -2.40. The highest BCUT2D eigenvalue weighted by Gasteiger charge is 2.30. The van der Waals surface area contributed by atoms with Gasteiger partial charge in [-0.2, -0.15) is 0 Å². The average molecular weight is 408 g/mol. The van der Waals surface area contributed by atoms with Gasteiger partial charge in [0.05, 0.1) is 10.6 Å². The largest absolute Gasteiger partial charge is 0.300 e. The lowest BCUT2D eigenvalue weighted by Gasteiger charge is -2.35. The summed E-state index contributed by atoms with van der Waals surface area (Å²) >= 11 is 0. The van der Waals surface area contributed by atoms with E-state index in [-0.39, 0.29) is 29.6 Å². The number of rotatable bonds is 8. The summed E-state index contributed by atoms with van der Waals surface area (Å²) in [4.78, 5) is 27.3. The summed E-state index contributed by atoms with van der Waals surface area (Å²) in [6, 6.07) is 6.52. The molecule has 0 aromatic heterocycles. The van der Waals surface area contributed by atoms with Gasteiger partial charge < -0.3 is 4.90 Å². The van der Waals surface area contributed by atoms with Gasteiger partial charge in [-0.15, -0.1) is 0 Å². The molecule has 2 aliphatic rings. The standard InChI is InChI=1S/C20H29N3O4S/c1-2-16-6-3-4-14-22(16)15-5-13-21-28(26,27)18-9-7-17(8-10-18)23-19(24)11-12-20(23)25/h7-10,16,21H,2-6,11-15H2,1H3/t16-/m0/s1. The van der Waals surface area contributed by atoms with Crippen molar-refractivity contribution < 1.29 is 18.0 Å². The SMILES string of the molecule is CC[C@H]1CCCCN1CCCNS(=O)(=O)c1ccc(N2C(=O)CCC2=O)cc1. The number of likely N-dealkylation sites (tertiary alicyclic amines) is 1. The molecule has 7 nitrogen and oxygen atoms in total. The molecule has 2 heterocycles. The average Bonchev–Trinajstić information content (AvgIpc) is 3.04. The molecule has 8 heteroatoms. The van der Waals surface area contributed by atoms with E-state index in [0.717, 1.165) is 30.8 Å². The smallest absolute Gasteiger partial charge is 0.240 e. The highest BCUT2D eigenvalue weighted by molar-refractivity contribution is 7.89. The van der Waals surface area contributed by atoms with Gasteiger partial charge in [0.2, 0.25) is 21.8 Å². The van der Waals surface area contributed by atoms with Gasteiger partial charge in [-0.1, -0.05) is 13.3 Å². The van der Waals surface area contributed by atoms with Gasteiger partial charge in [0, 0.05) is 25.4 Å². The van der Waals surface area contributed by atoms with Crippen LogP contribution in [0.4, 0.5) is 5.69 Å². The van der Waals surface area contributed by atoms with Crippen LogP contribution >= 0.6 is 0 Å². The second-order valence-electron chi connectivity index (χ2n) is 7.46. The number of hydrogen-bond acceptors (Lipinski definition) is 5. The van der Waals surface area contributed by atoms with Crippen molar-refractivity contribution in [2.75, 3.05) is 24.5 Å². The fraction of sp³-hybridized carbons (Fsp3) is 0.600. The van der Waals surface area contributed by atoms with Crippen molar-refractivity contribution in [3.63, 3.8) is 0 Å². The van der Waals surface area contributed by atoms with Crippen LogP contribution in [-0.4, -0.2) is 50.8 Å². The molecule has 1 atom stereocenters. The van der Waals surface area contributed by atoms with Crippen LogP contribution in [0.1, 0.15) is 51.9 Å². The van der Waals surface area contributed by atoms with Crippen molar-refractivity contribution >= 4 is 27.5 Å². The lowest BCUT2D eigenvalue weighted by molar-refractivity contribution is -0.121.